The predicted octanol–water partition coefficient (Wildman–Crippen LogP) is 2.22. The van der Waals surface area contributed by atoms with E-state index in [0.717, 1.165) is 9.87 Å². The van der Waals surface area contributed by atoms with E-state index in [0.29, 0.717) is 37.6 Å². The van der Waals surface area contributed by atoms with Gasteiger partial charge in [-0.05, 0) is 47.5 Å². The average Bonchev–Trinajstić information content (AvgIpc) is 2.97. The molecule has 1 aliphatic rings. The Morgan fingerprint density at radius 3 is 2.10 bits per heavy atom. The van der Waals surface area contributed by atoms with Crippen LogP contribution in [-0.2, 0) is 42.7 Å². The number of amides is 1. The lowest BCUT2D eigenvalue weighted by Gasteiger charge is -2.26. The molecule has 0 unspecified atom stereocenters. The number of nitrogens with one attached hydrogen (secondary N) is 1. The number of hydrogen-bond acceptors (Lipinski definition) is 7. The molecule has 0 bridgehead atoms. The second-order valence-corrected chi connectivity index (χ2v) is 12.7. The van der Waals surface area contributed by atoms with Crippen LogP contribution in [0.3, 0.4) is 0 Å². The van der Waals surface area contributed by atoms with E-state index in [2.05, 4.69) is 5.32 Å². The first-order valence-electron chi connectivity index (χ1n) is 12.3. The summed E-state index contributed by atoms with van der Waals surface area (Å²) in [7, 11) is -6.12. The molecule has 0 saturated carbocycles. The van der Waals surface area contributed by atoms with Crippen molar-refractivity contribution in [3.8, 4) is 5.75 Å². The normalized spacial score (nSPS) is 14.7. The van der Waals surface area contributed by atoms with Crippen LogP contribution in [0.15, 0.2) is 88.7 Å². The van der Waals surface area contributed by atoms with Gasteiger partial charge in [0.05, 0.1) is 36.7 Å². The van der Waals surface area contributed by atoms with Crippen LogP contribution in [0.5, 0.6) is 5.75 Å². The second kappa shape index (κ2) is 12.7. The van der Waals surface area contributed by atoms with Crippen molar-refractivity contribution < 1.29 is 31.1 Å². The number of benzene rings is 3. The Kier molecular flexibility index (Phi) is 9.36. The highest BCUT2D eigenvalue weighted by Gasteiger charge is 2.28. The van der Waals surface area contributed by atoms with Gasteiger partial charge in [-0.25, -0.2) is 16.8 Å². The molecule has 0 spiro atoms. The summed E-state index contributed by atoms with van der Waals surface area (Å²) in [5.41, 5.74) is 1.41. The van der Waals surface area contributed by atoms with Gasteiger partial charge in [-0.2, -0.15) is 8.61 Å². The van der Waals surface area contributed by atoms with Crippen LogP contribution >= 0.6 is 0 Å². The van der Waals surface area contributed by atoms with Crippen LogP contribution in [0.4, 0.5) is 0 Å². The van der Waals surface area contributed by atoms with Crippen LogP contribution < -0.4 is 10.1 Å². The van der Waals surface area contributed by atoms with Crippen LogP contribution in [0.1, 0.15) is 11.1 Å². The molecule has 1 N–H and O–H groups in total. The van der Waals surface area contributed by atoms with Gasteiger partial charge in [-0.3, -0.25) is 4.79 Å². The minimum atomic E-state index is -4.00. The number of nitrogens with zero attached hydrogens (tertiary/aromatic N) is 2. The first-order chi connectivity index (χ1) is 18.7. The van der Waals surface area contributed by atoms with E-state index in [-0.39, 0.29) is 22.9 Å². The van der Waals surface area contributed by atoms with Crippen molar-refractivity contribution >= 4 is 26.0 Å². The van der Waals surface area contributed by atoms with Gasteiger partial charge in [-0.1, -0.05) is 42.5 Å². The Morgan fingerprint density at radius 2 is 1.49 bits per heavy atom. The fourth-order valence-electron chi connectivity index (χ4n) is 4.04. The molecule has 1 amide bonds. The summed E-state index contributed by atoms with van der Waals surface area (Å²) in [6, 6.07) is 21.3. The van der Waals surface area contributed by atoms with Crippen molar-refractivity contribution in [2.45, 2.75) is 22.9 Å². The van der Waals surface area contributed by atoms with E-state index in [1.165, 1.54) is 35.7 Å². The number of rotatable bonds is 11. The third-order valence-electron chi connectivity index (χ3n) is 6.24. The number of hydrogen-bond donors (Lipinski definition) is 1. The molecular formula is C27H31N3O7S2. The molecule has 3 aromatic rings. The SMILES string of the molecule is COc1ccc(S(=O)(=O)N(CC(=O)NCc2ccc(S(=O)(=O)N3CCOCC3)cc2)Cc2ccccc2)cc1. The minimum Gasteiger partial charge on any atom is -0.497 e. The van der Waals surface area contributed by atoms with Gasteiger partial charge in [0.25, 0.3) is 0 Å². The van der Waals surface area contributed by atoms with Crippen molar-refractivity contribution in [3.05, 3.63) is 90.0 Å². The van der Waals surface area contributed by atoms with Gasteiger partial charge in [0.15, 0.2) is 0 Å². The molecule has 1 aliphatic heterocycles. The summed E-state index contributed by atoms with van der Waals surface area (Å²) in [4.78, 5) is 13.1. The molecule has 1 fully saturated rings. The standard InChI is InChI=1S/C27H31N3O7S2/c1-36-24-9-13-26(14-10-24)39(34,35)30(20-23-5-3-2-4-6-23)21-27(31)28-19-22-7-11-25(12-8-22)38(32,33)29-15-17-37-18-16-29/h2-14H,15-21H2,1H3,(H,28,31). The predicted molar refractivity (Wildman–Crippen MR) is 145 cm³/mol. The summed E-state index contributed by atoms with van der Waals surface area (Å²) >= 11 is 0. The maximum Gasteiger partial charge on any atom is 0.243 e. The van der Waals surface area contributed by atoms with E-state index in [9.17, 15) is 21.6 Å². The van der Waals surface area contributed by atoms with Crippen molar-refractivity contribution in [1.29, 1.82) is 0 Å². The topological polar surface area (TPSA) is 122 Å². The average molecular weight is 574 g/mol. The van der Waals surface area contributed by atoms with Gasteiger partial charge in [0.2, 0.25) is 26.0 Å². The Balaban J connectivity index is 1.43. The van der Waals surface area contributed by atoms with Crippen LogP contribution in [0, 0.1) is 0 Å². The van der Waals surface area contributed by atoms with Crippen molar-refractivity contribution in [2.24, 2.45) is 0 Å². The highest BCUT2D eigenvalue weighted by Crippen LogP contribution is 2.22. The van der Waals surface area contributed by atoms with Gasteiger partial charge in [-0.15, -0.1) is 0 Å². The molecule has 4 rings (SSSR count). The summed E-state index contributed by atoms with van der Waals surface area (Å²) in [6.07, 6.45) is 0. The Hall–Kier alpha value is -3.29. The fourth-order valence-corrected chi connectivity index (χ4v) is 6.83. The molecule has 1 saturated heterocycles. The Labute approximate surface area is 229 Å². The lowest BCUT2D eigenvalue weighted by molar-refractivity contribution is -0.121. The molecule has 10 nitrogen and oxygen atoms in total. The van der Waals surface area contributed by atoms with E-state index in [1.54, 1.807) is 48.5 Å². The number of methoxy groups -OCH3 is 1. The number of carbonyl (C=O) groups is 1. The zero-order valence-corrected chi connectivity index (χ0v) is 23.2. The van der Waals surface area contributed by atoms with Crippen molar-refractivity contribution in [1.82, 2.24) is 13.9 Å². The van der Waals surface area contributed by atoms with Crippen LogP contribution in [0.25, 0.3) is 0 Å². The minimum absolute atomic E-state index is 0.0106. The smallest absolute Gasteiger partial charge is 0.243 e. The maximum absolute atomic E-state index is 13.4. The first-order valence-corrected chi connectivity index (χ1v) is 15.2. The fraction of sp³-hybridized carbons (Fsp3) is 0.296. The van der Waals surface area contributed by atoms with E-state index < -0.39 is 32.5 Å². The quantitative estimate of drug-likeness (QED) is 0.373. The molecule has 3 aromatic carbocycles. The summed E-state index contributed by atoms with van der Waals surface area (Å²) in [5, 5.41) is 2.74. The van der Waals surface area contributed by atoms with Gasteiger partial charge < -0.3 is 14.8 Å². The Morgan fingerprint density at radius 1 is 0.872 bits per heavy atom. The zero-order valence-electron chi connectivity index (χ0n) is 21.5. The first kappa shape index (κ1) is 28.7. The third-order valence-corrected chi connectivity index (χ3v) is 9.96. The number of morpholine rings is 1. The molecule has 0 aliphatic carbocycles. The van der Waals surface area contributed by atoms with Crippen molar-refractivity contribution in [3.63, 3.8) is 0 Å². The van der Waals surface area contributed by atoms with Crippen molar-refractivity contribution in [2.75, 3.05) is 40.0 Å². The summed E-state index contributed by atoms with van der Waals surface area (Å²) < 4.78 is 65.4. The lowest BCUT2D eigenvalue weighted by Crippen LogP contribution is -2.40. The van der Waals surface area contributed by atoms with E-state index >= 15 is 0 Å². The second-order valence-electron chi connectivity index (χ2n) is 8.87. The third kappa shape index (κ3) is 7.22. The molecule has 0 atom stereocenters. The molecular weight excluding hydrogens is 542 g/mol. The van der Waals surface area contributed by atoms with E-state index in [4.69, 9.17) is 9.47 Å². The highest BCUT2D eigenvalue weighted by atomic mass is 32.2. The van der Waals surface area contributed by atoms with Gasteiger partial charge in [0, 0.05) is 26.2 Å². The van der Waals surface area contributed by atoms with Gasteiger partial charge >= 0.3 is 0 Å². The van der Waals surface area contributed by atoms with Crippen LogP contribution in [0.2, 0.25) is 0 Å². The number of carbonyl (C=O) groups excluding carboxylic acids is 1. The maximum atomic E-state index is 13.4. The summed E-state index contributed by atoms with van der Waals surface area (Å²) in [5.74, 6) is 0.0260. The number of ether oxygens (including phenoxy) is 2. The molecule has 208 valence electrons. The monoisotopic (exact) mass is 573 g/mol. The highest BCUT2D eigenvalue weighted by molar-refractivity contribution is 7.89. The van der Waals surface area contributed by atoms with E-state index in [1.807, 2.05) is 6.07 Å². The molecule has 1 heterocycles. The summed E-state index contributed by atoms with van der Waals surface area (Å²) in [6.45, 7) is 1.05. The molecule has 12 heteroatoms. The zero-order chi connectivity index (χ0) is 27.9. The van der Waals surface area contributed by atoms with Gasteiger partial charge in [0.1, 0.15) is 5.75 Å². The molecule has 0 aromatic heterocycles. The largest absolute Gasteiger partial charge is 0.497 e. The van der Waals surface area contributed by atoms with Crippen LogP contribution in [-0.4, -0.2) is 71.3 Å². The lowest BCUT2D eigenvalue weighted by atomic mass is 10.2. The number of sulfonamides is 2. The molecule has 0 radical (unpaired) electrons. The molecule has 39 heavy (non-hydrogen) atoms. The Bertz CT molecular complexity index is 1460.